The molecule has 28 heavy (non-hydrogen) atoms. The number of methoxy groups -OCH3 is 1. The van der Waals surface area contributed by atoms with Crippen LogP contribution in [0, 0.1) is 0 Å². The number of para-hydroxylation sites is 1. The van der Waals surface area contributed by atoms with Crippen molar-refractivity contribution in [2.75, 3.05) is 13.7 Å². The lowest BCUT2D eigenvalue weighted by molar-refractivity contribution is -0.138. The Morgan fingerprint density at radius 1 is 1.21 bits per heavy atom. The predicted molar refractivity (Wildman–Crippen MR) is 112 cm³/mol. The van der Waals surface area contributed by atoms with E-state index in [1.54, 1.807) is 19.2 Å². The molecule has 0 heterocycles. The number of carboxylic acid groups (broad SMARTS) is 1. The molecule has 0 bridgehead atoms. The molecule has 154 valence electrons. The van der Waals surface area contributed by atoms with Crippen LogP contribution in [-0.2, 0) is 11.3 Å². The van der Waals surface area contributed by atoms with Gasteiger partial charge in [0.15, 0.2) is 6.29 Å². The van der Waals surface area contributed by atoms with Crippen LogP contribution in [0.15, 0.2) is 42.5 Å². The summed E-state index contributed by atoms with van der Waals surface area (Å²) in [6, 6.07) is 11.7. The van der Waals surface area contributed by atoms with Crippen molar-refractivity contribution in [1.82, 2.24) is 0 Å². The summed E-state index contributed by atoms with van der Waals surface area (Å²) >= 11 is 11.2. The molecule has 0 spiro atoms. The Kier molecular flexibility index (Phi) is 13.7. The van der Waals surface area contributed by atoms with Crippen LogP contribution in [0.25, 0.3) is 0 Å². The first kappa shape index (κ1) is 25.8. The lowest BCUT2D eigenvalue weighted by Crippen LogP contribution is -2.32. The van der Waals surface area contributed by atoms with E-state index in [9.17, 15) is 9.59 Å². The number of benzene rings is 2. The fourth-order valence-electron chi connectivity index (χ4n) is 1.77. The van der Waals surface area contributed by atoms with E-state index in [4.69, 9.17) is 50.2 Å². The smallest absolute Gasteiger partial charge is 0.320 e. The van der Waals surface area contributed by atoms with Gasteiger partial charge >= 0.3 is 5.97 Å². The summed E-state index contributed by atoms with van der Waals surface area (Å²) in [5.41, 5.74) is 17.0. The highest BCUT2D eigenvalue weighted by molar-refractivity contribution is 6.36. The van der Waals surface area contributed by atoms with Crippen LogP contribution >= 0.6 is 23.2 Å². The highest BCUT2D eigenvalue weighted by atomic mass is 35.5. The van der Waals surface area contributed by atoms with Crippen molar-refractivity contribution >= 4 is 35.5 Å². The number of ether oxygens (including phenoxy) is 1. The number of carbonyl (C=O) groups is 2. The molecule has 1 atom stereocenters. The number of rotatable bonds is 6. The lowest BCUT2D eigenvalue weighted by atomic mass is 10.2. The number of hydrogen-bond donors (Lipinski definition) is 4. The Bertz CT molecular complexity index is 722. The third kappa shape index (κ3) is 10.2. The molecule has 2 aromatic carbocycles. The molecule has 0 amide bonds. The molecule has 0 aliphatic carbocycles. The molecular weight excluding hydrogens is 405 g/mol. The molecule has 0 saturated heterocycles. The van der Waals surface area contributed by atoms with Gasteiger partial charge in [-0.25, -0.2) is 0 Å². The molecule has 1 unspecified atom stereocenters. The van der Waals surface area contributed by atoms with Crippen LogP contribution in [0.1, 0.15) is 22.3 Å². The quantitative estimate of drug-likeness (QED) is 0.516. The molecule has 0 aliphatic heterocycles. The molecule has 0 saturated carbocycles. The molecule has 0 fully saturated rings. The minimum atomic E-state index is -0.990. The van der Waals surface area contributed by atoms with Crippen LogP contribution < -0.4 is 21.9 Å². The van der Waals surface area contributed by atoms with Crippen molar-refractivity contribution < 1.29 is 19.4 Å². The number of hydrogen-bond acceptors (Lipinski definition) is 6. The molecule has 0 radical (unpaired) electrons. The number of halogens is 2. The predicted octanol–water partition coefficient (Wildman–Crippen LogP) is 2.71. The number of aliphatic carboxylic acids is 1. The lowest BCUT2D eigenvalue weighted by Gasteiger charge is -2.03. The van der Waals surface area contributed by atoms with E-state index in [1.165, 1.54) is 6.07 Å². The van der Waals surface area contributed by atoms with Gasteiger partial charge in [0.2, 0.25) is 0 Å². The molecule has 7 nitrogen and oxygen atoms in total. The second-order valence-corrected chi connectivity index (χ2v) is 6.17. The van der Waals surface area contributed by atoms with Gasteiger partial charge in [-0.05, 0) is 37.2 Å². The van der Waals surface area contributed by atoms with E-state index < -0.39 is 12.0 Å². The van der Waals surface area contributed by atoms with Crippen molar-refractivity contribution in [3.8, 4) is 5.75 Å². The van der Waals surface area contributed by atoms with Gasteiger partial charge in [-0.3, -0.25) is 9.59 Å². The average molecular weight is 430 g/mol. The van der Waals surface area contributed by atoms with Crippen LogP contribution in [0.2, 0.25) is 10.0 Å². The van der Waals surface area contributed by atoms with E-state index >= 15 is 0 Å². The third-order valence-corrected chi connectivity index (χ3v) is 3.86. The molecule has 2 rings (SSSR count). The van der Waals surface area contributed by atoms with Gasteiger partial charge in [0.1, 0.15) is 11.8 Å². The van der Waals surface area contributed by atoms with Gasteiger partial charge < -0.3 is 27.0 Å². The summed E-state index contributed by atoms with van der Waals surface area (Å²) < 4.78 is 5.06. The number of aldehydes is 1. The first-order chi connectivity index (χ1) is 13.3. The summed E-state index contributed by atoms with van der Waals surface area (Å²) in [5.74, 6) is -0.125. The zero-order valence-corrected chi connectivity index (χ0v) is 17.0. The van der Waals surface area contributed by atoms with Gasteiger partial charge in [-0.15, -0.1) is 0 Å². The van der Waals surface area contributed by atoms with Crippen molar-refractivity contribution in [3.63, 3.8) is 0 Å². The fraction of sp³-hybridized carbons (Fsp3) is 0.263. The van der Waals surface area contributed by atoms with Crippen molar-refractivity contribution in [1.29, 1.82) is 0 Å². The zero-order valence-electron chi connectivity index (χ0n) is 15.5. The third-order valence-electron chi connectivity index (χ3n) is 3.30. The van der Waals surface area contributed by atoms with Crippen LogP contribution in [0.4, 0.5) is 0 Å². The minimum Gasteiger partial charge on any atom is -0.496 e. The summed E-state index contributed by atoms with van der Waals surface area (Å²) in [6.45, 7) is 0.859. The topological polar surface area (TPSA) is 142 Å². The standard InChI is InChI=1S/C8H11NO.C7H4Cl2O.C4H10N2O2/c1-10-8-5-3-2-4-7(8)6-9;8-6-2-1-5(4-10)7(9)3-6;5-2-1-3(6)4(7)8/h2-5H,6,9H2,1H3;1-4H;3H,1-2,5-6H2,(H,7,8). The van der Waals surface area contributed by atoms with E-state index in [-0.39, 0.29) is 0 Å². The molecule has 9 heteroatoms. The van der Waals surface area contributed by atoms with Gasteiger partial charge in [-0.1, -0.05) is 41.4 Å². The maximum atomic E-state index is 10.2. The minimum absolute atomic E-state index is 0.327. The maximum absolute atomic E-state index is 10.2. The Balaban J connectivity index is 0.000000394. The molecule has 0 aromatic heterocycles. The Morgan fingerprint density at radius 2 is 1.86 bits per heavy atom. The first-order valence-electron chi connectivity index (χ1n) is 8.21. The Hall–Kier alpha value is -2.16. The van der Waals surface area contributed by atoms with Gasteiger partial charge in [0.25, 0.3) is 0 Å². The van der Waals surface area contributed by atoms with E-state index in [2.05, 4.69) is 0 Å². The second-order valence-electron chi connectivity index (χ2n) is 5.32. The number of carbonyl (C=O) groups excluding carboxylic acids is 1. The van der Waals surface area contributed by atoms with Gasteiger partial charge in [0, 0.05) is 22.7 Å². The Morgan fingerprint density at radius 3 is 2.25 bits per heavy atom. The largest absolute Gasteiger partial charge is 0.496 e. The SMILES string of the molecule is COc1ccccc1CN.NCCC(N)C(=O)O.O=Cc1ccc(Cl)cc1Cl. The maximum Gasteiger partial charge on any atom is 0.320 e. The first-order valence-corrected chi connectivity index (χ1v) is 8.96. The molecule has 0 aliphatic rings. The number of carboxylic acids is 1. The summed E-state index contributed by atoms with van der Waals surface area (Å²) in [4.78, 5) is 20.1. The van der Waals surface area contributed by atoms with Gasteiger partial charge in [0.05, 0.1) is 12.1 Å². The van der Waals surface area contributed by atoms with E-state index in [1.807, 2.05) is 24.3 Å². The van der Waals surface area contributed by atoms with Crippen molar-refractivity contribution in [3.05, 3.63) is 63.6 Å². The molecule has 2 aromatic rings. The van der Waals surface area contributed by atoms with Crippen LogP contribution in [-0.4, -0.2) is 37.1 Å². The highest BCUT2D eigenvalue weighted by Crippen LogP contribution is 2.19. The zero-order chi connectivity index (χ0) is 21.5. The highest BCUT2D eigenvalue weighted by Gasteiger charge is 2.08. The summed E-state index contributed by atoms with van der Waals surface area (Å²) in [7, 11) is 1.65. The average Bonchev–Trinajstić information content (AvgIpc) is 2.69. The summed E-state index contributed by atoms with van der Waals surface area (Å²) in [5, 5.41) is 9.06. The monoisotopic (exact) mass is 429 g/mol. The summed E-state index contributed by atoms with van der Waals surface area (Å²) in [6.07, 6.45) is 1.04. The van der Waals surface area contributed by atoms with E-state index in [0.717, 1.165) is 11.3 Å². The van der Waals surface area contributed by atoms with E-state index in [0.29, 0.717) is 41.4 Å². The van der Waals surface area contributed by atoms with Crippen LogP contribution in [0.3, 0.4) is 0 Å². The second kappa shape index (κ2) is 14.8. The van der Waals surface area contributed by atoms with Crippen molar-refractivity contribution in [2.45, 2.75) is 19.0 Å². The van der Waals surface area contributed by atoms with Crippen LogP contribution in [0.5, 0.6) is 5.75 Å². The normalized spacial score (nSPS) is 10.5. The molecular formula is C19H25Cl2N3O4. The molecule has 7 N–H and O–H groups in total. The van der Waals surface area contributed by atoms with Gasteiger partial charge in [-0.2, -0.15) is 0 Å². The van der Waals surface area contributed by atoms with Crippen molar-refractivity contribution in [2.24, 2.45) is 17.2 Å². The fourth-order valence-corrected chi connectivity index (χ4v) is 2.22. The Labute approximate surface area is 174 Å². The number of nitrogens with two attached hydrogens (primary N) is 3.